The third-order valence-electron chi connectivity index (χ3n) is 8.18. The van der Waals surface area contributed by atoms with Crippen molar-refractivity contribution in [2.75, 3.05) is 25.0 Å². The van der Waals surface area contributed by atoms with Crippen molar-refractivity contribution >= 4 is 68.3 Å². The van der Waals surface area contributed by atoms with E-state index in [0.717, 1.165) is 19.5 Å². The van der Waals surface area contributed by atoms with Gasteiger partial charge in [-0.05, 0) is 68.8 Å². The summed E-state index contributed by atoms with van der Waals surface area (Å²) in [6.45, 7) is 3.20. The second kappa shape index (κ2) is 13.2. The Hall–Kier alpha value is -3.26. The third kappa shape index (κ3) is 6.96. The molecule has 11 nitrogen and oxygen atoms in total. The predicted octanol–water partition coefficient (Wildman–Crippen LogP) is 4.33. The monoisotopic (exact) mass is 693 g/mol. The van der Waals surface area contributed by atoms with Crippen molar-refractivity contribution in [1.29, 1.82) is 0 Å². The average Bonchev–Trinajstić information content (AvgIpc) is 3.31. The zero-order valence-corrected chi connectivity index (χ0v) is 27.1. The summed E-state index contributed by atoms with van der Waals surface area (Å²) < 4.78 is 28.8. The minimum atomic E-state index is -4.16. The van der Waals surface area contributed by atoms with Crippen molar-refractivity contribution in [3.63, 3.8) is 0 Å². The highest BCUT2D eigenvalue weighted by atomic mass is 35.5. The molecule has 2 aliphatic rings. The number of carboxylic acids is 1. The molecule has 2 saturated heterocycles. The van der Waals surface area contributed by atoms with Gasteiger partial charge in [-0.3, -0.25) is 19.5 Å². The number of hydrogen-bond acceptors (Lipinski definition) is 7. The van der Waals surface area contributed by atoms with E-state index in [9.17, 15) is 27.9 Å². The number of likely N-dealkylation sites (tertiary alicyclic amines) is 1. The number of nitrogens with zero attached hydrogens (tertiary/aromatic N) is 3. The molecule has 0 spiro atoms. The van der Waals surface area contributed by atoms with Gasteiger partial charge < -0.3 is 15.7 Å². The summed E-state index contributed by atoms with van der Waals surface area (Å²) in [6, 6.07) is 10.6. The summed E-state index contributed by atoms with van der Waals surface area (Å²) in [5.41, 5.74) is -0.534. The molecule has 3 atom stereocenters. The molecule has 2 aliphatic heterocycles. The van der Waals surface area contributed by atoms with Gasteiger partial charge >= 0.3 is 5.97 Å². The molecule has 3 N–H and O–H groups in total. The smallest absolute Gasteiger partial charge is 0.326 e. The largest absolute Gasteiger partial charge is 0.480 e. The number of amides is 2. The Labute approximate surface area is 275 Å². The summed E-state index contributed by atoms with van der Waals surface area (Å²) in [7, 11) is -4.16. The summed E-state index contributed by atoms with van der Waals surface area (Å²) in [5.74, 6) is -2.54. The number of sulfonamides is 1. The Morgan fingerprint density at radius 1 is 1.07 bits per heavy atom. The molecule has 3 aromatic rings. The summed E-state index contributed by atoms with van der Waals surface area (Å²) >= 11 is 18.2. The minimum absolute atomic E-state index is 0.0475. The van der Waals surface area contributed by atoms with Gasteiger partial charge in [-0.2, -0.15) is 4.31 Å². The van der Waals surface area contributed by atoms with Crippen LogP contribution in [0.4, 0.5) is 5.69 Å². The Kier molecular flexibility index (Phi) is 9.73. The van der Waals surface area contributed by atoms with E-state index >= 15 is 0 Å². The Morgan fingerprint density at radius 2 is 1.73 bits per heavy atom. The number of carbonyl (C=O) groups is 3. The number of carbonyl (C=O) groups excluding carboxylic acids is 2. The van der Waals surface area contributed by atoms with Crippen molar-refractivity contribution in [2.45, 2.75) is 48.7 Å². The van der Waals surface area contributed by atoms with E-state index in [0.29, 0.717) is 11.3 Å². The predicted molar refractivity (Wildman–Crippen MR) is 170 cm³/mol. The van der Waals surface area contributed by atoms with Crippen molar-refractivity contribution in [3.8, 4) is 0 Å². The van der Waals surface area contributed by atoms with Crippen molar-refractivity contribution in [2.24, 2.45) is 0 Å². The SMILES string of the molecule is CC1(C(=O)N[C@@H](Cc2ccc(NC(=O)c3c(Cl)cncc3Cl)cc2)C(=O)O)C[C@@H](N2CCC2)CN1S(=O)(=O)c1cccc(Cl)c1. The number of halogens is 3. The van der Waals surface area contributed by atoms with Gasteiger partial charge in [-0.15, -0.1) is 0 Å². The van der Waals surface area contributed by atoms with Crippen LogP contribution in [0.2, 0.25) is 15.1 Å². The van der Waals surface area contributed by atoms with Gasteiger partial charge in [0.2, 0.25) is 15.9 Å². The number of anilines is 1. The van der Waals surface area contributed by atoms with Crippen molar-refractivity contribution in [1.82, 2.24) is 19.5 Å². The van der Waals surface area contributed by atoms with Gasteiger partial charge in [0.15, 0.2) is 0 Å². The van der Waals surface area contributed by atoms with Gasteiger partial charge in [-0.1, -0.05) is 53.0 Å². The van der Waals surface area contributed by atoms with Gasteiger partial charge in [0.05, 0.1) is 20.5 Å². The fraction of sp³-hybridized carbons (Fsp3) is 0.333. The molecule has 3 heterocycles. The van der Waals surface area contributed by atoms with Crippen LogP contribution in [0.5, 0.6) is 0 Å². The molecule has 5 rings (SSSR count). The van der Waals surface area contributed by atoms with Crippen LogP contribution in [-0.2, 0) is 26.0 Å². The van der Waals surface area contributed by atoms with E-state index in [1.807, 2.05) is 0 Å². The summed E-state index contributed by atoms with van der Waals surface area (Å²) in [4.78, 5) is 44.8. The molecule has 45 heavy (non-hydrogen) atoms. The van der Waals surface area contributed by atoms with Crippen molar-refractivity contribution in [3.05, 3.63) is 87.1 Å². The van der Waals surface area contributed by atoms with Crippen molar-refractivity contribution < 1.29 is 27.9 Å². The lowest BCUT2D eigenvalue weighted by molar-refractivity contribution is -0.143. The Balaban J connectivity index is 1.32. The average molecular weight is 695 g/mol. The Bertz CT molecular complexity index is 1720. The maximum absolute atomic E-state index is 13.9. The highest BCUT2D eigenvalue weighted by Crippen LogP contribution is 2.38. The van der Waals surface area contributed by atoms with Crippen LogP contribution in [0, 0.1) is 0 Å². The highest BCUT2D eigenvalue weighted by Gasteiger charge is 2.55. The summed E-state index contributed by atoms with van der Waals surface area (Å²) in [5, 5.41) is 15.7. The first-order valence-corrected chi connectivity index (χ1v) is 16.6. The number of carboxylic acid groups (broad SMARTS) is 1. The fourth-order valence-electron chi connectivity index (χ4n) is 5.59. The number of nitrogens with one attached hydrogen (secondary N) is 2. The van der Waals surface area contributed by atoms with Gasteiger partial charge in [0, 0.05) is 42.1 Å². The molecule has 0 radical (unpaired) electrons. The molecular weight excluding hydrogens is 665 g/mol. The molecule has 1 unspecified atom stereocenters. The molecule has 2 fully saturated rings. The second-order valence-corrected chi connectivity index (χ2v) is 14.3. The summed E-state index contributed by atoms with van der Waals surface area (Å²) in [6.07, 6.45) is 3.69. The Morgan fingerprint density at radius 3 is 2.31 bits per heavy atom. The lowest BCUT2D eigenvalue weighted by atomic mass is 9.94. The van der Waals surface area contributed by atoms with Crippen LogP contribution in [0.1, 0.15) is 35.7 Å². The van der Waals surface area contributed by atoms with Crippen LogP contribution in [-0.4, -0.2) is 82.8 Å². The quantitative estimate of drug-likeness (QED) is 0.284. The topological polar surface area (TPSA) is 149 Å². The number of benzene rings is 2. The molecule has 15 heteroatoms. The zero-order chi connectivity index (χ0) is 32.5. The molecule has 1 aromatic heterocycles. The van der Waals surface area contributed by atoms with E-state index in [4.69, 9.17) is 34.8 Å². The maximum atomic E-state index is 13.9. The third-order valence-corrected chi connectivity index (χ3v) is 11.0. The van der Waals surface area contributed by atoms with E-state index in [2.05, 4.69) is 20.5 Å². The van der Waals surface area contributed by atoms with E-state index in [1.165, 1.54) is 41.8 Å². The molecule has 0 aliphatic carbocycles. The minimum Gasteiger partial charge on any atom is -0.480 e. The lowest BCUT2D eigenvalue weighted by Crippen LogP contribution is -2.58. The van der Waals surface area contributed by atoms with Gasteiger partial charge in [-0.25, -0.2) is 13.2 Å². The van der Waals surface area contributed by atoms with Crippen LogP contribution in [0.15, 0.2) is 65.8 Å². The molecule has 2 aromatic carbocycles. The van der Waals surface area contributed by atoms with E-state index in [1.54, 1.807) is 30.3 Å². The molecule has 2 amide bonds. The van der Waals surface area contributed by atoms with E-state index < -0.39 is 39.4 Å². The van der Waals surface area contributed by atoms with E-state index in [-0.39, 0.29) is 51.0 Å². The molecule has 0 bridgehead atoms. The first-order chi connectivity index (χ1) is 21.3. The number of aromatic nitrogens is 1. The first-order valence-electron chi connectivity index (χ1n) is 14.0. The standard InChI is InChI=1S/C30H30Cl3N5O6S/c1-30(14-21(37-10-3-11-37)17-38(30)45(43,44)22-5-2-4-19(31)13-22)29(42)36-25(28(40)41)12-18-6-8-20(9-7-18)35-27(39)26-23(32)15-34-16-24(26)33/h2,4-9,13,15-16,21,25H,3,10-12,14,17H2,1H3,(H,35,39)(H,36,42)(H,40,41)/t21-,25+,30?/m1/s1. The number of hydrogen-bond donors (Lipinski definition) is 3. The molecule has 238 valence electrons. The van der Waals surface area contributed by atoms with Crippen LogP contribution >= 0.6 is 34.8 Å². The first kappa shape index (κ1) is 33.1. The maximum Gasteiger partial charge on any atom is 0.326 e. The van der Waals surface area contributed by atoms with Crippen LogP contribution < -0.4 is 10.6 Å². The number of pyridine rings is 1. The normalized spacial score (nSPS) is 21.1. The van der Waals surface area contributed by atoms with Gasteiger partial charge in [0.25, 0.3) is 5.91 Å². The van der Waals surface area contributed by atoms with Crippen LogP contribution in [0.25, 0.3) is 0 Å². The highest BCUT2D eigenvalue weighted by molar-refractivity contribution is 7.89. The zero-order valence-electron chi connectivity index (χ0n) is 24.0. The molecule has 0 saturated carbocycles. The number of aliphatic carboxylic acids is 1. The molecular formula is C30H30Cl3N5O6S. The number of rotatable bonds is 10. The van der Waals surface area contributed by atoms with Crippen LogP contribution in [0.3, 0.4) is 0 Å². The lowest BCUT2D eigenvalue weighted by Gasteiger charge is -2.36. The fourth-order valence-corrected chi connectivity index (χ4v) is 8.22. The second-order valence-electron chi connectivity index (χ2n) is 11.2. The van der Waals surface area contributed by atoms with Gasteiger partial charge in [0.1, 0.15) is 11.6 Å².